The first-order valence-electron chi connectivity index (χ1n) is 6.81. The third kappa shape index (κ3) is 3.52. The monoisotopic (exact) mass is 327 g/mol. The minimum Gasteiger partial charge on any atom is -0.444 e. The normalized spacial score (nSPS) is 13.0. The summed E-state index contributed by atoms with van der Waals surface area (Å²) >= 11 is 0. The van der Waals surface area contributed by atoms with Crippen LogP contribution in [0.15, 0.2) is 18.3 Å². The fraction of sp³-hybridized carbons (Fsp3) is 0.400. The van der Waals surface area contributed by atoms with Crippen LogP contribution in [0.1, 0.15) is 39.1 Å². The van der Waals surface area contributed by atoms with Crippen molar-refractivity contribution in [3.63, 3.8) is 0 Å². The van der Waals surface area contributed by atoms with E-state index in [4.69, 9.17) is 4.74 Å². The zero-order valence-corrected chi connectivity index (χ0v) is 13.1. The number of halogens is 3. The molecule has 0 aliphatic heterocycles. The second-order valence-electron chi connectivity index (χ2n) is 5.22. The summed E-state index contributed by atoms with van der Waals surface area (Å²) < 4.78 is 46.2. The Morgan fingerprint density at radius 1 is 1.26 bits per heavy atom. The van der Waals surface area contributed by atoms with E-state index in [1.165, 1.54) is 43.9 Å². The van der Waals surface area contributed by atoms with E-state index in [0.717, 1.165) is 0 Å². The number of aryl methyl sites for hydroxylation is 3. The number of pyridine rings is 1. The van der Waals surface area contributed by atoms with Crippen molar-refractivity contribution in [1.29, 1.82) is 0 Å². The van der Waals surface area contributed by atoms with Crippen molar-refractivity contribution in [2.24, 2.45) is 7.05 Å². The Labute approximate surface area is 131 Å². The molecule has 124 valence electrons. The van der Waals surface area contributed by atoms with E-state index in [9.17, 15) is 18.0 Å². The topological polar surface area (TPSA) is 57.0 Å². The Morgan fingerprint density at radius 2 is 1.91 bits per heavy atom. The average molecular weight is 327 g/mol. The smallest absolute Gasteiger partial charge is 0.430 e. The molecule has 2 rings (SSSR count). The summed E-state index contributed by atoms with van der Waals surface area (Å²) in [5.41, 5.74) is 0.923. The second kappa shape index (κ2) is 6.02. The predicted octanol–water partition coefficient (Wildman–Crippen LogP) is 3.20. The van der Waals surface area contributed by atoms with Crippen LogP contribution >= 0.6 is 0 Å². The number of rotatable bonds is 3. The van der Waals surface area contributed by atoms with E-state index in [1.54, 1.807) is 6.92 Å². The third-order valence-corrected chi connectivity index (χ3v) is 3.50. The summed E-state index contributed by atoms with van der Waals surface area (Å²) in [5.74, 6) is -1.08. The maximum atomic E-state index is 13.4. The summed E-state index contributed by atoms with van der Waals surface area (Å²) in [6.45, 7) is 4.65. The molecule has 0 saturated carbocycles. The lowest BCUT2D eigenvalue weighted by Crippen LogP contribution is -2.27. The molecular formula is C15H16F3N3O2. The number of hydrogen-bond acceptors (Lipinski definition) is 4. The molecule has 2 heterocycles. The van der Waals surface area contributed by atoms with Gasteiger partial charge in [-0.3, -0.25) is 9.67 Å². The average Bonchev–Trinajstić information content (AvgIpc) is 2.69. The van der Waals surface area contributed by atoms with Gasteiger partial charge in [0.2, 0.25) is 6.10 Å². The first-order chi connectivity index (χ1) is 10.6. The standard InChI is InChI=1S/C15H16F3N3O2/c1-8-5-6-11(7-19-8)14(22)23-13(15(16,17)18)12-9(2)20-21(4)10(12)3/h5-7,13H,1-4H3. The number of esters is 1. The fourth-order valence-corrected chi connectivity index (χ4v) is 2.22. The van der Waals surface area contributed by atoms with E-state index in [-0.39, 0.29) is 16.8 Å². The van der Waals surface area contributed by atoms with Gasteiger partial charge in [-0.2, -0.15) is 18.3 Å². The SMILES string of the molecule is Cc1ccc(C(=O)OC(c2c(C)nn(C)c2C)C(F)(F)F)cn1. The van der Waals surface area contributed by atoms with E-state index < -0.39 is 18.2 Å². The van der Waals surface area contributed by atoms with E-state index >= 15 is 0 Å². The summed E-state index contributed by atoms with van der Waals surface area (Å²) in [5, 5.41) is 3.95. The van der Waals surface area contributed by atoms with Gasteiger partial charge in [0.15, 0.2) is 0 Å². The van der Waals surface area contributed by atoms with Gasteiger partial charge in [0.1, 0.15) is 0 Å². The molecule has 5 nitrogen and oxygen atoms in total. The number of hydrogen-bond donors (Lipinski definition) is 0. The molecule has 0 radical (unpaired) electrons. The molecule has 2 aromatic heterocycles. The van der Waals surface area contributed by atoms with Gasteiger partial charge in [-0.1, -0.05) is 0 Å². The van der Waals surface area contributed by atoms with Crippen LogP contribution in [-0.4, -0.2) is 26.9 Å². The highest BCUT2D eigenvalue weighted by atomic mass is 19.4. The Hall–Kier alpha value is -2.38. The Kier molecular flexibility index (Phi) is 4.44. The van der Waals surface area contributed by atoms with Gasteiger partial charge >= 0.3 is 12.1 Å². The first-order valence-corrected chi connectivity index (χ1v) is 6.81. The van der Waals surface area contributed by atoms with Crippen LogP contribution < -0.4 is 0 Å². The van der Waals surface area contributed by atoms with E-state index in [2.05, 4.69) is 10.1 Å². The molecular weight excluding hydrogens is 311 g/mol. The maximum absolute atomic E-state index is 13.4. The van der Waals surface area contributed by atoms with Crippen molar-refractivity contribution in [2.75, 3.05) is 0 Å². The minimum atomic E-state index is -4.74. The Morgan fingerprint density at radius 3 is 2.35 bits per heavy atom. The second-order valence-corrected chi connectivity index (χ2v) is 5.22. The molecule has 0 bridgehead atoms. The number of ether oxygens (including phenoxy) is 1. The zero-order valence-electron chi connectivity index (χ0n) is 13.1. The number of carbonyl (C=O) groups excluding carboxylic acids is 1. The van der Waals surface area contributed by atoms with Gasteiger partial charge in [-0.05, 0) is 32.9 Å². The summed E-state index contributed by atoms with van der Waals surface area (Å²) in [6, 6.07) is 2.90. The molecule has 0 aliphatic carbocycles. The first kappa shape index (κ1) is 17.0. The fourth-order valence-electron chi connectivity index (χ4n) is 2.22. The van der Waals surface area contributed by atoms with Gasteiger partial charge in [-0.15, -0.1) is 0 Å². The Bertz CT molecular complexity index is 721. The lowest BCUT2D eigenvalue weighted by Gasteiger charge is -2.21. The zero-order chi connectivity index (χ0) is 17.4. The number of nitrogens with zero attached hydrogens (tertiary/aromatic N) is 3. The van der Waals surface area contributed by atoms with Crippen molar-refractivity contribution < 1.29 is 22.7 Å². The summed E-state index contributed by atoms with van der Waals surface area (Å²) in [6.07, 6.45) is -5.93. The molecule has 0 aliphatic rings. The molecule has 0 saturated heterocycles. The van der Waals surface area contributed by atoms with Gasteiger partial charge in [0.05, 0.1) is 11.3 Å². The molecule has 0 spiro atoms. The van der Waals surface area contributed by atoms with Crippen molar-refractivity contribution >= 4 is 5.97 Å². The highest BCUT2D eigenvalue weighted by Gasteiger charge is 2.46. The molecule has 0 fully saturated rings. The maximum Gasteiger partial charge on any atom is 0.430 e. The summed E-state index contributed by atoms with van der Waals surface area (Å²) in [7, 11) is 1.53. The number of carbonyl (C=O) groups is 1. The molecule has 2 aromatic rings. The van der Waals surface area contributed by atoms with Crippen molar-refractivity contribution in [1.82, 2.24) is 14.8 Å². The van der Waals surface area contributed by atoms with Crippen molar-refractivity contribution in [3.8, 4) is 0 Å². The highest BCUT2D eigenvalue weighted by molar-refractivity contribution is 5.89. The molecule has 0 aromatic carbocycles. The van der Waals surface area contributed by atoms with E-state index in [0.29, 0.717) is 11.4 Å². The lowest BCUT2D eigenvalue weighted by molar-refractivity contribution is -0.207. The van der Waals surface area contributed by atoms with Crippen LogP contribution in [0, 0.1) is 20.8 Å². The molecule has 0 N–H and O–H groups in total. The van der Waals surface area contributed by atoms with Crippen molar-refractivity contribution in [2.45, 2.75) is 33.1 Å². The van der Waals surface area contributed by atoms with Gasteiger partial charge in [-0.25, -0.2) is 4.79 Å². The molecule has 1 atom stereocenters. The van der Waals surface area contributed by atoms with Crippen LogP contribution in [0.3, 0.4) is 0 Å². The Balaban J connectivity index is 2.37. The van der Waals surface area contributed by atoms with Crippen LogP contribution in [0.2, 0.25) is 0 Å². The highest BCUT2D eigenvalue weighted by Crippen LogP contribution is 2.39. The van der Waals surface area contributed by atoms with Crippen molar-refractivity contribution in [3.05, 3.63) is 46.5 Å². The van der Waals surface area contributed by atoms with E-state index in [1.807, 2.05) is 0 Å². The van der Waals surface area contributed by atoms with Gasteiger partial charge in [0, 0.05) is 30.2 Å². The lowest BCUT2D eigenvalue weighted by atomic mass is 10.1. The van der Waals surface area contributed by atoms with Crippen LogP contribution in [0.5, 0.6) is 0 Å². The van der Waals surface area contributed by atoms with Gasteiger partial charge < -0.3 is 4.74 Å². The third-order valence-electron chi connectivity index (χ3n) is 3.50. The predicted molar refractivity (Wildman–Crippen MR) is 75.9 cm³/mol. The largest absolute Gasteiger partial charge is 0.444 e. The van der Waals surface area contributed by atoms with Crippen LogP contribution in [-0.2, 0) is 11.8 Å². The molecule has 0 amide bonds. The number of alkyl halides is 3. The molecule has 23 heavy (non-hydrogen) atoms. The number of aromatic nitrogens is 3. The molecule has 8 heteroatoms. The van der Waals surface area contributed by atoms with Crippen LogP contribution in [0.25, 0.3) is 0 Å². The van der Waals surface area contributed by atoms with Gasteiger partial charge in [0.25, 0.3) is 0 Å². The quantitative estimate of drug-likeness (QED) is 0.812. The minimum absolute atomic E-state index is 0.0379. The van der Waals surface area contributed by atoms with Crippen LogP contribution in [0.4, 0.5) is 13.2 Å². The molecule has 1 unspecified atom stereocenters. The summed E-state index contributed by atoms with van der Waals surface area (Å²) in [4.78, 5) is 15.9.